The summed E-state index contributed by atoms with van der Waals surface area (Å²) in [7, 11) is 0. The molecule has 6 aromatic carbocycles. The van der Waals surface area contributed by atoms with Gasteiger partial charge in [-0.05, 0) is 112 Å². The van der Waals surface area contributed by atoms with Gasteiger partial charge in [-0.2, -0.15) is 0 Å². The molecule has 0 aliphatic rings. The Labute approximate surface area is 521 Å². The van der Waals surface area contributed by atoms with Crippen LogP contribution in [0.1, 0.15) is 139 Å². The first-order valence-corrected chi connectivity index (χ1v) is 31.1. The number of carbonyl (C=O) groups excluding carboxylic acids is 6. The van der Waals surface area contributed by atoms with Crippen molar-refractivity contribution in [3.63, 3.8) is 0 Å². The smallest absolute Gasteiger partial charge is 0.408 e. The minimum atomic E-state index is -1.04. The molecule has 6 aromatic rings. The predicted molar refractivity (Wildman–Crippen MR) is 344 cm³/mol. The van der Waals surface area contributed by atoms with E-state index in [2.05, 4.69) is 31.9 Å². The van der Waals surface area contributed by atoms with Crippen LogP contribution < -0.4 is 41.4 Å². The van der Waals surface area contributed by atoms with E-state index in [1.165, 1.54) is 0 Å². The molecule has 0 fully saturated rings. The van der Waals surface area contributed by atoms with E-state index < -0.39 is 59.4 Å². The second kappa shape index (κ2) is 36.5. The minimum Gasteiger partial charge on any atom is -0.489 e. The molecule has 88 heavy (non-hydrogen) atoms. The summed E-state index contributed by atoms with van der Waals surface area (Å²) in [5, 5.41) is 17.5. The van der Waals surface area contributed by atoms with Gasteiger partial charge in [0.2, 0.25) is 23.6 Å². The van der Waals surface area contributed by atoms with Crippen molar-refractivity contribution in [1.82, 2.24) is 31.9 Å². The quantitative estimate of drug-likeness (QED) is 0.0207. The Morgan fingerprint density at radius 3 is 0.875 bits per heavy atom. The molecule has 0 unspecified atom stereocenters. The van der Waals surface area contributed by atoms with Gasteiger partial charge in [0.1, 0.15) is 60.1 Å². The molecule has 0 bridgehead atoms. The topological polar surface area (TPSA) is 212 Å². The number of hydrogen-bond donors (Lipinski definition) is 6. The lowest BCUT2D eigenvalue weighted by atomic mass is 10.0. The van der Waals surface area contributed by atoms with Crippen molar-refractivity contribution in [2.75, 3.05) is 13.1 Å². The largest absolute Gasteiger partial charge is 0.489 e. The molecule has 0 aromatic heterocycles. The second-order valence-electron chi connectivity index (χ2n) is 24.3. The van der Waals surface area contributed by atoms with Crippen molar-refractivity contribution in [2.24, 2.45) is 0 Å². The SMILES string of the molecule is CC(C)(C)OC(=O)N[C@@H](Cc1ccc(OCc2ccccc2)cc1)C(=O)N[C@H](Cc1ccccc1)C(=O)NCCCCCCCCCCCCNC(=O)[C@@H](Cc1ccccc1)NC(=O)[C@H](Cc1ccc(OCc2ccccc2)cc1)NC(=O)OC(C)(C)C. The molecule has 0 spiro atoms. The lowest BCUT2D eigenvalue weighted by molar-refractivity contribution is -0.130. The molecule has 0 radical (unpaired) electrons. The van der Waals surface area contributed by atoms with Gasteiger partial charge in [-0.25, -0.2) is 9.59 Å². The molecule has 16 nitrogen and oxygen atoms in total. The van der Waals surface area contributed by atoms with Crippen LogP contribution in [0.2, 0.25) is 0 Å². The maximum Gasteiger partial charge on any atom is 0.408 e. The highest BCUT2D eigenvalue weighted by molar-refractivity contribution is 5.92. The zero-order valence-corrected chi connectivity index (χ0v) is 52.3. The molecule has 0 saturated carbocycles. The van der Waals surface area contributed by atoms with E-state index in [-0.39, 0.29) is 37.5 Å². The van der Waals surface area contributed by atoms with E-state index >= 15 is 0 Å². The van der Waals surface area contributed by atoms with Crippen molar-refractivity contribution in [3.05, 3.63) is 203 Å². The normalized spacial score (nSPS) is 12.7. The number of alkyl carbamates (subject to hydrolysis) is 2. The molecule has 0 aliphatic carbocycles. The number of hydrogen-bond acceptors (Lipinski definition) is 10. The van der Waals surface area contributed by atoms with E-state index in [4.69, 9.17) is 18.9 Å². The van der Waals surface area contributed by atoms with Crippen molar-refractivity contribution in [2.45, 2.75) is 180 Å². The van der Waals surface area contributed by atoms with Crippen LogP contribution in [0.3, 0.4) is 0 Å². The summed E-state index contributed by atoms with van der Waals surface area (Å²) in [6, 6.07) is 49.6. The highest BCUT2D eigenvalue weighted by atomic mass is 16.6. The molecule has 4 atom stereocenters. The first-order chi connectivity index (χ1) is 42.3. The fourth-order valence-electron chi connectivity index (χ4n) is 9.71. The van der Waals surface area contributed by atoms with Gasteiger partial charge in [0.05, 0.1) is 0 Å². The molecule has 0 saturated heterocycles. The molecule has 470 valence electrons. The third-order valence-electron chi connectivity index (χ3n) is 14.3. The van der Waals surface area contributed by atoms with Crippen LogP contribution in [-0.4, -0.2) is 84.3 Å². The minimum absolute atomic E-state index is 0.150. The highest BCUT2D eigenvalue weighted by Gasteiger charge is 2.31. The maximum atomic E-state index is 14.1. The Morgan fingerprint density at radius 2 is 0.580 bits per heavy atom. The van der Waals surface area contributed by atoms with Crippen molar-refractivity contribution < 1.29 is 47.7 Å². The Morgan fingerprint density at radius 1 is 0.318 bits per heavy atom. The van der Waals surface area contributed by atoms with Gasteiger partial charge < -0.3 is 50.8 Å². The number of benzene rings is 6. The fourth-order valence-corrected chi connectivity index (χ4v) is 9.71. The van der Waals surface area contributed by atoms with E-state index in [0.29, 0.717) is 37.8 Å². The van der Waals surface area contributed by atoms with Crippen molar-refractivity contribution in [3.8, 4) is 11.5 Å². The third-order valence-corrected chi connectivity index (χ3v) is 14.3. The Kier molecular flexibility index (Phi) is 28.4. The van der Waals surface area contributed by atoms with E-state index in [0.717, 1.165) is 97.6 Å². The summed E-state index contributed by atoms with van der Waals surface area (Å²) in [5.74, 6) is -0.285. The first-order valence-electron chi connectivity index (χ1n) is 31.1. The summed E-state index contributed by atoms with van der Waals surface area (Å²) >= 11 is 0. The summed E-state index contributed by atoms with van der Waals surface area (Å²) < 4.78 is 23.0. The van der Waals surface area contributed by atoms with Crippen LogP contribution >= 0.6 is 0 Å². The summed E-state index contributed by atoms with van der Waals surface area (Å²) in [4.78, 5) is 82.0. The highest BCUT2D eigenvalue weighted by Crippen LogP contribution is 2.20. The van der Waals surface area contributed by atoms with E-state index in [1.54, 1.807) is 41.5 Å². The van der Waals surface area contributed by atoms with Gasteiger partial charge in [-0.15, -0.1) is 0 Å². The van der Waals surface area contributed by atoms with Gasteiger partial charge in [-0.1, -0.05) is 197 Å². The number of carbonyl (C=O) groups is 6. The molecular weight excluding hydrogens is 1110 g/mol. The Bertz CT molecular complexity index is 2820. The van der Waals surface area contributed by atoms with Crippen LogP contribution in [0.5, 0.6) is 11.5 Å². The molecule has 6 N–H and O–H groups in total. The van der Waals surface area contributed by atoms with Crippen LogP contribution in [0.25, 0.3) is 0 Å². The van der Waals surface area contributed by atoms with Gasteiger partial charge in [0.15, 0.2) is 0 Å². The Balaban J connectivity index is 0.905. The molecule has 6 amide bonds. The van der Waals surface area contributed by atoms with E-state index in [9.17, 15) is 28.8 Å². The fraction of sp³-hybridized carbons (Fsp3) is 0.417. The lowest BCUT2D eigenvalue weighted by Crippen LogP contribution is -2.55. The first kappa shape index (κ1) is 68.5. The lowest BCUT2D eigenvalue weighted by Gasteiger charge is -2.25. The predicted octanol–water partition coefficient (Wildman–Crippen LogP) is 12.0. The zero-order valence-electron chi connectivity index (χ0n) is 52.3. The van der Waals surface area contributed by atoms with Crippen LogP contribution in [-0.2, 0) is 67.5 Å². The van der Waals surface area contributed by atoms with Crippen LogP contribution in [0.4, 0.5) is 9.59 Å². The standard InChI is InChI=1S/C72H92N6O10/c1-71(2,3)87-69(83)77-63(49-55-37-41-59(42-38-55)85-51-57-33-23-17-24-34-57)67(81)75-61(47-53-29-19-15-20-30-53)65(79)73-45-27-13-11-9-7-8-10-12-14-28-46-74-66(80)62(48-54-31-21-16-22-32-54)76-68(82)64(78-70(84)88-72(4,5)6)50-56-39-43-60(44-40-56)86-52-58-35-25-18-26-36-58/h15-26,29-44,61-64H,7-14,27-28,45-52H2,1-6H3,(H,73,79)(H,74,80)(H,75,81)(H,76,82)(H,77,83)(H,78,84)/t61-,62-,63+,64+/m1/s1. The number of rotatable bonds is 35. The number of unbranched alkanes of at least 4 members (excludes halogenated alkanes) is 9. The van der Waals surface area contributed by atoms with Gasteiger partial charge in [0.25, 0.3) is 0 Å². The molecule has 0 aliphatic heterocycles. The maximum absolute atomic E-state index is 14.1. The Hall–Kier alpha value is -8.66. The van der Waals surface area contributed by atoms with Gasteiger partial charge in [0, 0.05) is 38.8 Å². The van der Waals surface area contributed by atoms with Crippen LogP contribution in [0.15, 0.2) is 170 Å². The summed E-state index contributed by atoms with van der Waals surface area (Å²) in [6.45, 7) is 12.3. The molecule has 16 heteroatoms. The number of nitrogens with one attached hydrogen (secondary N) is 6. The average Bonchev–Trinajstić information content (AvgIpc) is 3.69. The van der Waals surface area contributed by atoms with Crippen molar-refractivity contribution >= 4 is 35.8 Å². The van der Waals surface area contributed by atoms with Gasteiger partial charge >= 0.3 is 12.2 Å². The number of ether oxygens (including phenoxy) is 4. The number of amides is 6. The molecule has 6 rings (SSSR count). The summed E-state index contributed by atoms with van der Waals surface area (Å²) in [5.41, 5.74) is 3.82. The average molecular weight is 1200 g/mol. The van der Waals surface area contributed by atoms with Crippen molar-refractivity contribution in [1.29, 1.82) is 0 Å². The monoisotopic (exact) mass is 1200 g/mol. The van der Waals surface area contributed by atoms with Crippen LogP contribution in [0, 0.1) is 0 Å². The van der Waals surface area contributed by atoms with Gasteiger partial charge in [-0.3, -0.25) is 19.2 Å². The van der Waals surface area contributed by atoms with E-state index in [1.807, 2.05) is 170 Å². The second-order valence-corrected chi connectivity index (χ2v) is 24.3. The third kappa shape index (κ3) is 27.4. The summed E-state index contributed by atoms with van der Waals surface area (Å²) in [6.07, 6.45) is 9.21. The zero-order chi connectivity index (χ0) is 63.0. The molecule has 0 heterocycles. The molecular formula is C72H92N6O10.